The first kappa shape index (κ1) is 17.5. The lowest BCUT2D eigenvalue weighted by Gasteiger charge is -2.23. The number of carbonyl (C=O) groups excluding carboxylic acids is 2. The van der Waals surface area contributed by atoms with Gasteiger partial charge < -0.3 is 15.0 Å². The van der Waals surface area contributed by atoms with Crippen LogP contribution in [-0.2, 0) is 9.59 Å². The van der Waals surface area contributed by atoms with E-state index in [1.165, 1.54) is 11.8 Å². The summed E-state index contributed by atoms with van der Waals surface area (Å²) in [6.07, 6.45) is 0. The number of nitrogens with zero attached hydrogens (tertiary/aromatic N) is 1. The van der Waals surface area contributed by atoms with Crippen LogP contribution in [0.5, 0.6) is 5.75 Å². The van der Waals surface area contributed by atoms with Gasteiger partial charge in [0.25, 0.3) is 0 Å². The molecule has 5 nitrogen and oxygen atoms in total. The maximum atomic E-state index is 12.3. The molecule has 0 unspecified atom stereocenters. The van der Waals surface area contributed by atoms with Gasteiger partial charge in [-0.25, -0.2) is 0 Å². The van der Waals surface area contributed by atoms with Crippen LogP contribution in [0.25, 0.3) is 0 Å². The number of benzene rings is 2. The summed E-state index contributed by atoms with van der Waals surface area (Å²) in [6.45, 7) is 5.30. The van der Waals surface area contributed by atoms with Crippen LogP contribution in [0.1, 0.15) is 18.1 Å². The molecule has 0 heterocycles. The van der Waals surface area contributed by atoms with Crippen LogP contribution in [0.15, 0.2) is 42.5 Å². The highest BCUT2D eigenvalue weighted by atomic mass is 16.5. The van der Waals surface area contributed by atoms with Crippen molar-refractivity contribution in [3.05, 3.63) is 53.6 Å². The van der Waals surface area contributed by atoms with Gasteiger partial charge in [0.1, 0.15) is 12.3 Å². The van der Waals surface area contributed by atoms with E-state index in [2.05, 4.69) is 5.32 Å². The minimum Gasteiger partial charge on any atom is -0.497 e. The van der Waals surface area contributed by atoms with Crippen molar-refractivity contribution in [3.8, 4) is 5.75 Å². The molecule has 126 valence electrons. The van der Waals surface area contributed by atoms with Gasteiger partial charge in [0.2, 0.25) is 11.8 Å². The Balaban J connectivity index is 2.13. The fourth-order valence-corrected chi connectivity index (χ4v) is 2.39. The molecule has 2 aromatic rings. The molecule has 24 heavy (non-hydrogen) atoms. The van der Waals surface area contributed by atoms with Gasteiger partial charge in [-0.3, -0.25) is 9.59 Å². The van der Waals surface area contributed by atoms with Crippen molar-refractivity contribution in [3.63, 3.8) is 0 Å². The van der Waals surface area contributed by atoms with E-state index in [1.54, 1.807) is 31.4 Å². The van der Waals surface area contributed by atoms with Crippen LogP contribution in [0, 0.1) is 13.8 Å². The standard InChI is InChI=1S/C19H22N2O3/c1-13-5-6-14(2)18(11-13)21(15(3)22)12-19(23)20-16-7-9-17(24-4)10-8-16/h5-11H,12H2,1-4H3,(H,20,23). The van der Waals surface area contributed by atoms with Gasteiger partial charge in [-0.1, -0.05) is 12.1 Å². The van der Waals surface area contributed by atoms with Crippen molar-refractivity contribution in [2.75, 3.05) is 23.9 Å². The second-order valence-corrected chi connectivity index (χ2v) is 5.67. The summed E-state index contributed by atoms with van der Waals surface area (Å²) in [5.41, 5.74) is 3.41. The molecule has 0 bridgehead atoms. The second-order valence-electron chi connectivity index (χ2n) is 5.67. The number of amides is 2. The number of aryl methyl sites for hydroxylation is 2. The number of nitrogens with one attached hydrogen (secondary N) is 1. The third-order valence-electron chi connectivity index (χ3n) is 3.71. The molecule has 0 fully saturated rings. The van der Waals surface area contributed by atoms with Crippen LogP contribution >= 0.6 is 0 Å². The molecule has 0 radical (unpaired) electrons. The molecule has 0 aliphatic carbocycles. The Bertz CT molecular complexity index is 739. The highest BCUT2D eigenvalue weighted by Crippen LogP contribution is 2.22. The monoisotopic (exact) mass is 326 g/mol. The molecule has 5 heteroatoms. The number of anilines is 2. The summed E-state index contributed by atoms with van der Waals surface area (Å²) in [6, 6.07) is 12.9. The zero-order valence-electron chi connectivity index (χ0n) is 14.4. The lowest BCUT2D eigenvalue weighted by Crippen LogP contribution is -2.37. The van der Waals surface area contributed by atoms with E-state index < -0.39 is 0 Å². The van der Waals surface area contributed by atoms with Crippen molar-refractivity contribution in [1.82, 2.24) is 0 Å². The second kappa shape index (κ2) is 7.64. The molecular formula is C19H22N2O3. The molecule has 0 aliphatic heterocycles. The van der Waals surface area contributed by atoms with Crippen LogP contribution in [0.3, 0.4) is 0 Å². The van der Waals surface area contributed by atoms with Gasteiger partial charge >= 0.3 is 0 Å². The average molecular weight is 326 g/mol. The lowest BCUT2D eigenvalue weighted by molar-refractivity contribution is -0.120. The van der Waals surface area contributed by atoms with Gasteiger partial charge in [0.15, 0.2) is 0 Å². The maximum absolute atomic E-state index is 12.3. The normalized spacial score (nSPS) is 10.2. The average Bonchev–Trinajstić information content (AvgIpc) is 2.55. The lowest BCUT2D eigenvalue weighted by atomic mass is 10.1. The van der Waals surface area contributed by atoms with Crippen LogP contribution in [0.4, 0.5) is 11.4 Å². The zero-order chi connectivity index (χ0) is 17.7. The Labute approximate surface area is 142 Å². The first-order valence-corrected chi connectivity index (χ1v) is 7.70. The van der Waals surface area contributed by atoms with Crippen LogP contribution in [-0.4, -0.2) is 25.5 Å². The molecule has 2 rings (SSSR count). The Morgan fingerprint density at radius 1 is 1.08 bits per heavy atom. The predicted octanol–water partition coefficient (Wildman–Crippen LogP) is 3.30. The molecule has 0 atom stereocenters. The van der Waals surface area contributed by atoms with E-state index in [0.717, 1.165) is 16.8 Å². The van der Waals surface area contributed by atoms with Crippen molar-refractivity contribution >= 4 is 23.2 Å². The van der Waals surface area contributed by atoms with E-state index in [-0.39, 0.29) is 18.4 Å². The number of rotatable bonds is 5. The molecule has 2 aromatic carbocycles. The summed E-state index contributed by atoms with van der Waals surface area (Å²) < 4.78 is 5.09. The predicted molar refractivity (Wildman–Crippen MR) is 95.6 cm³/mol. The van der Waals surface area contributed by atoms with E-state index in [0.29, 0.717) is 11.4 Å². The summed E-state index contributed by atoms with van der Waals surface area (Å²) in [5.74, 6) is 0.290. The van der Waals surface area contributed by atoms with E-state index >= 15 is 0 Å². The number of carbonyl (C=O) groups is 2. The van der Waals surface area contributed by atoms with Crippen molar-refractivity contribution < 1.29 is 14.3 Å². The SMILES string of the molecule is COc1ccc(NC(=O)CN(C(C)=O)c2cc(C)ccc2C)cc1. The van der Waals surface area contributed by atoms with Gasteiger partial charge in [-0.15, -0.1) is 0 Å². The molecular weight excluding hydrogens is 304 g/mol. The summed E-state index contributed by atoms with van der Waals surface area (Å²) in [7, 11) is 1.59. The van der Waals surface area contributed by atoms with Crippen LogP contribution in [0.2, 0.25) is 0 Å². The smallest absolute Gasteiger partial charge is 0.244 e. The number of methoxy groups -OCH3 is 1. The number of ether oxygens (including phenoxy) is 1. The van der Waals surface area contributed by atoms with Crippen LogP contribution < -0.4 is 15.0 Å². The molecule has 2 amide bonds. The third-order valence-corrected chi connectivity index (χ3v) is 3.71. The van der Waals surface area contributed by atoms with Gasteiger partial charge in [0, 0.05) is 18.3 Å². The van der Waals surface area contributed by atoms with E-state index in [9.17, 15) is 9.59 Å². The Hall–Kier alpha value is -2.82. The molecule has 0 saturated heterocycles. The van der Waals surface area contributed by atoms with Crippen molar-refractivity contribution in [2.45, 2.75) is 20.8 Å². The minimum atomic E-state index is -0.253. The largest absolute Gasteiger partial charge is 0.497 e. The quantitative estimate of drug-likeness (QED) is 0.917. The Kier molecular flexibility index (Phi) is 5.58. The fourth-order valence-electron chi connectivity index (χ4n) is 2.39. The number of hydrogen-bond donors (Lipinski definition) is 1. The fraction of sp³-hybridized carbons (Fsp3) is 0.263. The first-order valence-electron chi connectivity index (χ1n) is 7.70. The Morgan fingerprint density at radius 3 is 2.33 bits per heavy atom. The molecule has 0 aromatic heterocycles. The molecule has 0 aliphatic rings. The molecule has 1 N–H and O–H groups in total. The summed E-state index contributed by atoms with van der Waals surface area (Å²) in [4.78, 5) is 25.8. The first-order chi connectivity index (χ1) is 11.4. The summed E-state index contributed by atoms with van der Waals surface area (Å²) in [5, 5.41) is 2.79. The zero-order valence-corrected chi connectivity index (χ0v) is 14.4. The molecule has 0 spiro atoms. The van der Waals surface area contributed by atoms with Gasteiger partial charge in [0.05, 0.1) is 7.11 Å². The summed E-state index contributed by atoms with van der Waals surface area (Å²) >= 11 is 0. The highest BCUT2D eigenvalue weighted by Gasteiger charge is 2.18. The van der Waals surface area contributed by atoms with Crippen molar-refractivity contribution in [2.24, 2.45) is 0 Å². The Morgan fingerprint density at radius 2 is 1.75 bits per heavy atom. The van der Waals surface area contributed by atoms with E-state index in [4.69, 9.17) is 4.74 Å². The highest BCUT2D eigenvalue weighted by molar-refractivity contribution is 6.02. The minimum absolute atomic E-state index is 0.0361. The third kappa shape index (κ3) is 4.35. The van der Waals surface area contributed by atoms with Gasteiger partial charge in [-0.05, 0) is 55.3 Å². The van der Waals surface area contributed by atoms with E-state index in [1.807, 2.05) is 32.0 Å². The number of hydrogen-bond acceptors (Lipinski definition) is 3. The maximum Gasteiger partial charge on any atom is 0.244 e. The van der Waals surface area contributed by atoms with Crippen molar-refractivity contribution in [1.29, 1.82) is 0 Å². The topological polar surface area (TPSA) is 58.6 Å². The van der Waals surface area contributed by atoms with Gasteiger partial charge in [-0.2, -0.15) is 0 Å². The molecule has 0 saturated carbocycles.